The molecule has 3 aromatic carbocycles. The number of hydrogen-bond acceptors (Lipinski definition) is 3. The summed E-state index contributed by atoms with van der Waals surface area (Å²) >= 11 is 0. The van der Waals surface area contributed by atoms with Crippen LogP contribution >= 0.6 is 0 Å². The van der Waals surface area contributed by atoms with Crippen molar-refractivity contribution in [3.05, 3.63) is 78.4 Å². The number of fused-ring (bicyclic) bond motifs is 1. The Morgan fingerprint density at radius 3 is 2.17 bits per heavy atom. The fourth-order valence-electron chi connectivity index (χ4n) is 3.26. The largest absolute Gasteiger partial charge is 0.459 e. The van der Waals surface area contributed by atoms with E-state index in [1.165, 1.54) is 4.90 Å². The van der Waals surface area contributed by atoms with Crippen molar-refractivity contribution in [2.24, 2.45) is 5.92 Å². The van der Waals surface area contributed by atoms with Crippen LogP contribution in [0.2, 0.25) is 0 Å². The molecule has 0 aliphatic carbocycles. The maximum Gasteiger partial charge on any atom is 0.319 e. The second-order valence-electron chi connectivity index (χ2n) is 8.20. The van der Waals surface area contributed by atoms with Crippen LogP contribution in [-0.2, 0) is 20.7 Å². The van der Waals surface area contributed by atoms with E-state index < -0.39 is 17.5 Å². The van der Waals surface area contributed by atoms with Gasteiger partial charge in [0.25, 0.3) is 0 Å². The topological polar surface area (TPSA) is 46.6 Å². The molecule has 1 unspecified atom stereocenters. The van der Waals surface area contributed by atoms with Crippen LogP contribution in [0.3, 0.4) is 0 Å². The van der Waals surface area contributed by atoms with E-state index in [-0.39, 0.29) is 12.3 Å². The zero-order valence-corrected chi connectivity index (χ0v) is 17.4. The monoisotopic (exact) mass is 389 g/mol. The van der Waals surface area contributed by atoms with Crippen LogP contribution in [0.25, 0.3) is 10.8 Å². The van der Waals surface area contributed by atoms with Gasteiger partial charge in [-0.1, -0.05) is 60.7 Å². The summed E-state index contributed by atoms with van der Waals surface area (Å²) in [5, 5.41) is 2.20. The van der Waals surface area contributed by atoms with E-state index in [1.54, 1.807) is 7.05 Å². The lowest BCUT2D eigenvalue weighted by atomic mass is 9.95. The maximum atomic E-state index is 13.3. The molecule has 150 valence electrons. The molecule has 29 heavy (non-hydrogen) atoms. The van der Waals surface area contributed by atoms with Crippen molar-refractivity contribution in [1.29, 1.82) is 0 Å². The van der Waals surface area contributed by atoms with Crippen molar-refractivity contribution in [3.8, 4) is 0 Å². The van der Waals surface area contributed by atoms with Gasteiger partial charge < -0.3 is 9.64 Å². The molecule has 4 heteroatoms. The number of esters is 1. The molecule has 0 aliphatic heterocycles. The number of carbonyl (C=O) groups excluding carboxylic acids is 2. The van der Waals surface area contributed by atoms with Gasteiger partial charge in [-0.05, 0) is 55.7 Å². The minimum Gasteiger partial charge on any atom is -0.459 e. The highest BCUT2D eigenvalue weighted by molar-refractivity contribution is 6.06. The van der Waals surface area contributed by atoms with Crippen LogP contribution in [0.4, 0.5) is 5.69 Å². The van der Waals surface area contributed by atoms with Gasteiger partial charge in [0.1, 0.15) is 11.5 Å². The van der Waals surface area contributed by atoms with Gasteiger partial charge in [0.15, 0.2) is 0 Å². The molecule has 0 spiro atoms. The Morgan fingerprint density at radius 1 is 0.897 bits per heavy atom. The van der Waals surface area contributed by atoms with Crippen molar-refractivity contribution in [2.45, 2.75) is 32.8 Å². The summed E-state index contributed by atoms with van der Waals surface area (Å²) in [6.07, 6.45) is 0.287. The molecule has 0 aliphatic rings. The first-order valence-corrected chi connectivity index (χ1v) is 9.78. The van der Waals surface area contributed by atoms with E-state index in [9.17, 15) is 9.59 Å². The first kappa shape index (κ1) is 20.6. The first-order chi connectivity index (χ1) is 13.7. The summed E-state index contributed by atoms with van der Waals surface area (Å²) in [6.45, 7) is 5.43. The average molecular weight is 389 g/mol. The summed E-state index contributed by atoms with van der Waals surface area (Å²) in [5.74, 6) is -1.70. The van der Waals surface area contributed by atoms with Gasteiger partial charge in [0, 0.05) is 12.7 Å². The fraction of sp³-hybridized carbons (Fsp3) is 0.280. The Kier molecular flexibility index (Phi) is 6.02. The molecule has 3 rings (SSSR count). The van der Waals surface area contributed by atoms with Crippen molar-refractivity contribution in [1.82, 2.24) is 0 Å². The number of para-hydroxylation sites is 1. The summed E-state index contributed by atoms with van der Waals surface area (Å²) < 4.78 is 5.58. The zero-order valence-electron chi connectivity index (χ0n) is 17.4. The highest BCUT2D eigenvalue weighted by Gasteiger charge is 2.34. The molecule has 0 saturated heterocycles. The smallest absolute Gasteiger partial charge is 0.319 e. The molecular weight excluding hydrogens is 362 g/mol. The van der Waals surface area contributed by atoms with Crippen LogP contribution in [0, 0.1) is 5.92 Å². The third kappa shape index (κ3) is 5.23. The van der Waals surface area contributed by atoms with E-state index in [1.807, 2.05) is 93.6 Å². The van der Waals surface area contributed by atoms with Crippen molar-refractivity contribution in [3.63, 3.8) is 0 Å². The van der Waals surface area contributed by atoms with E-state index in [4.69, 9.17) is 4.74 Å². The highest BCUT2D eigenvalue weighted by atomic mass is 16.6. The lowest BCUT2D eigenvalue weighted by Crippen LogP contribution is -2.41. The minimum atomic E-state index is -0.916. The predicted octanol–water partition coefficient (Wildman–Crippen LogP) is 5.00. The van der Waals surface area contributed by atoms with Crippen molar-refractivity contribution < 1.29 is 14.3 Å². The van der Waals surface area contributed by atoms with Crippen LogP contribution in [0.1, 0.15) is 26.3 Å². The number of anilines is 1. The van der Waals surface area contributed by atoms with E-state index >= 15 is 0 Å². The number of ether oxygens (including phenoxy) is 1. The highest BCUT2D eigenvalue weighted by Crippen LogP contribution is 2.23. The van der Waals surface area contributed by atoms with Crippen LogP contribution < -0.4 is 4.90 Å². The summed E-state index contributed by atoms with van der Waals surface area (Å²) in [6, 6.07) is 23.4. The molecule has 0 fully saturated rings. The SMILES string of the molecule is CN(C(=O)C(Cc1ccc2ccccc2c1)C(=O)OC(C)(C)C)c1ccccc1. The van der Waals surface area contributed by atoms with Gasteiger partial charge in [-0.3, -0.25) is 9.59 Å². The Labute approximate surface area is 172 Å². The minimum absolute atomic E-state index is 0.279. The average Bonchev–Trinajstić information content (AvgIpc) is 2.70. The number of rotatable bonds is 5. The van der Waals surface area contributed by atoms with E-state index in [0.717, 1.165) is 22.0 Å². The lowest BCUT2D eigenvalue weighted by molar-refractivity contribution is -0.162. The zero-order chi connectivity index (χ0) is 21.0. The molecule has 0 aromatic heterocycles. The molecule has 3 aromatic rings. The summed E-state index contributed by atoms with van der Waals surface area (Å²) in [5.41, 5.74) is 1.00. The number of benzene rings is 3. The molecule has 0 heterocycles. The van der Waals surface area contributed by atoms with Gasteiger partial charge in [0.05, 0.1) is 0 Å². The molecule has 0 bridgehead atoms. The Balaban J connectivity index is 1.91. The molecule has 1 amide bonds. The molecule has 0 N–H and O–H groups in total. The first-order valence-electron chi connectivity index (χ1n) is 9.78. The van der Waals surface area contributed by atoms with E-state index in [2.05, 4.69) is 0 Å². The van der Waals surface area contributed by atoms with E-state index in [0.29, 0.717) is 0 Å². The fourth-order valence-corrected chi connectivity index (χ4v) is 3.26. The summed E-state index contributed by atoms with van der Waals surface area (Å²) in [7, 11) is 1.69. The second kappa shape index (κ2) is 8.48. The third-order valence-electron chi connectivity index (χ3n) is 4.72. The Bertz CT molecular complexity index is 1010. The standard InChI is InChI=1S/C25H27NO3/c1-25(2,3)29-24(28)22(23(27)26(4)21-12-6-5-7-13-21)17-18-14-15-19-10-8-9-11-20(19)16-18/h5-16,22H,17H2,1-4H3. The van der Waals surface area contributed by atoms with Crippen molar-refractivity contribution in [2.75, 3.05) is 11.9 Å². The molecular formula is C25H27NO3. The van der Waals surface area contributed by atoms with Crippen LogP contribution in [-0.4, -0.2) is 24.5 Å². The number of hydrogen-bond donors (Lipinski definition) is 0. The van der Waals surface area contributed by atoms with Crippen LogP contribution in [0.5, 0.6) is 0 Å². The molecule has 1 atom stereocenters. The van der Waals surface area contributed by atoms with Crippen molar-refractivity contribution >= 4 is 28.3 Å². The number of carbonyl (C=O) groups is 2. The number of nitrogens with zero attached hydrogens (tertiary/aromatic N) is 1. The predicted molar refractivity (Wildman–Crippen MR) is 117 cm³/mol. The number of amides is 1. The van der Waals surface area contributed by atoms with Gasteiger partial charge in [-0.2, -0.15) is 0 Å². The third-order valence-corrected chi connectivity index (χ3v) is 4.72. The quantitative estimate of drug-likeness (QED) is 0.455. The normalized spacial score (nSPS) is 12.4. The lowest BCUT2D eigenvalue weighted by Gasteiger charge is -2.27. The summed E-state index contributed by atoms with van der Waals surface area (Å²) in [4.78, 5) is 27.7. The molecule has 4 nitrogen and oxygen atoms in total. The Hall–Kier alpha value is -3.14. The van der Waals surface area contributed by atoms with Crippen LogP contribution in [0.15, 0.2) is 72.8 Å². The Morgan fingerprint density at radius 2 is 1.52 bits per heavy atom. The molecule has 0 radical (unpaired) electrons. The maximum absolute atomic E-state index is 13.3. The van der Waals surface area contributed by atoms with Gasteiger partial charge >= 0.3 is 5.97 Å². The van der Waals surface area contributed by atoms with Gasteiger partial charge in [-0.15, -0.1) is 0 Å². The van der Waals surface area contributed by atoms with Gasteiger partial charge in [0.2, 0.25) is 5.91 Å². The second-order valence-corrected chi connectivity index (χ2v) is 8.20. The molecule has 0 saturated carbocycles. The van der Waals surface area contributed by atoms with Gasteiger partial charge in [-0.25, -0.2) is 0 Å².